The van der Waals surface area contributed by atoms with Crippen LogP contribution in [0.3, 0.4) is 0 Å². The van der Waals surface area contributed by atoms with Crippen LogP contribution in [-0.4, -0.2) is 17.6 Å². The van der Waals surface area contributed by atoms with Gasteiger partial charge in [-0.2, -0.15) is 0 Å². The number of halogens is 4. The van der Waals surface area contributed by atoms with Crippen LogP contribution in [0.4, 0.5) is 17.6 Å². The van der Waals surface area contributed by atoms with Crippen molar-refractivity contribution in [2.75, 3.05) is 0 Å². The number of hydrogen-bond acceptors (Lipinski definition) is 2. The lowest BCUT2D eigenvalue weighted by Crippen LogP contribution is -2.18. The lowest BCUT2D eigenvalue weighted by molar-refractivity contribution is -0.275. The predicted octanol–water partition coefficient (Wildman–Crippen LogP) is 2.65. The average Bonchev–Trinajstić information content (AvgIpc) is 2.06. The number of ether oxygens (including phenoxy) is 1. The van der Waals surface area contributed by atoms with Crippen LogP contribution in [0.5, 0.6) is 5.75 Å². The van der Waals surface area contributed by atoms with Crippen LogP contribution in [0, 0.1) is 5.82 Å². The van der Waals surface area contributed by atoms with Gasteiger partial charge < -0.3 is 9.84 Å². The van der Waals surface area contributed by atoms with Crippen molar-refractivity contribution in [2.24, 2.45) is 0 Å². The van der Waals surface area contributed by atoms with E-state index in [0.717, 1.165) is 12.1 Å². The number of benzene rings is 1. The molecular weight excluding hydrogens is 228 g/mol. The highest BCUT2D eigenvalue weighted by Gasteiger charge is 2.32. The lowest BCUT2D eigenvalue weighted by Gasteiger charge is -2.11. The second-order valence-corrected chi connectivity index (χ2v) is 3.37. The maximum Gasteiger partial charge on any atom is 0.573 e. The molecule has 0 radical (unpaired) electrons. The number of alkyl halides is 3. The molecule has 1 atom stereocenters. The number of hydrogen-bond donors (Lipinski definition) is 1. The Labute approximate surface area is 89.5 Å². The van der Waals surface area contributed by atoms with Gasteiger partial charge in [0, 0.05) is 0 Å². The molecule has 0 aliphatic rings. The third kappa shape index (κ3) is 4.06. The fraction of sp³-hybridized carbons (Fsp3) is 0.400. The van der Waals surface area contributed by atoms with Crippen LogP contribution in [0.15, 0.2) is 18.2 Å². The highest BCUT2D eigenvalue weighted by molar-refractivity contribution is 5.29. The second-order valence-electron chi connectivity index (χ2n) is 3.37. The Morgan fingerprint density at radius 2 is 2.00 bits per heavy atom. The molecule has 16 heavy (non-hydrogen) atoms. The zero-order chi connectivity index (χ0) is 12.3. The van der Waals surface area contributed by atoms with E-state index in [4.69, 9.17) is 5.11 Å². The second kappa shape index (κ2) is 4.69. The average molecular weight is 238 g/mol. The van der Waals surface area contributed by atoms with Crippen LogP contribution >= 0.6 is 0 Å². The molecule has 0 saturated carbocycles. The summed E-state index contributed by atoms with van der Waals surface area (Å²) in [6.07, 6.45) is -5.43. The topological polar surface area (TPSA) is 29.5 Å². The Morgan fingerprint density at radius 1 is 1.38 bits per heavy atom. The van der Waals surface area contributed by atoms with E-state index >= 15 is 0 Å². The molecule has 0 saturated heterocycles. The molecule has 1 aromatic rings. The molecule has 0 heterocycles. The van der Waals surface area contributed by atoms with E-state index in [1.807, 2.05) is 0 Å². The van der Waals surface area contributed by atoms with Crippen molar-refractivity contribution in [1.82, 2.24) is 0 Å². The minimum Gasteiger partial charge on any atom is -0.403 e. The van der Waals surface area contributed by atoms with Gasteiger partial charge in [-0.3, -0.25) is 0 Å². The van der Waals surface area contributed by atoms with Crippen molar-refractivity contribution in [2.45, 2.75) is 25.8 Å². The number of rotatable bonds is 3. The van der Waals surface area contributed by atoms with Gasteiger partial charge in [0.05, 0.1) is 6.10 Å². The van der Waals surface area contributed by atoms with Gasteiger partial charge in [0.25, 0.3) is 0 Å². The first-order valence-corrected chi connectivity index (χ1v) is 4.50. The fourth-order valence-electron chi connectivity index (χ4n) is 1.22. The first kappa shape index (κ1) is 12.8. The van der Waals surface area contributed by atoms with Crippen molar-refractivity contribution in [3.05, 3.63) is 29.6 Å². The summed E-state index contributed by atoms with van der Waals surface area (Å²) in [6.45, 7) is 1.50. The smallest absolute Gasteiger partial charge is 0.403 e. The number of aliphatic hydroxyl groups excluding tert-OH is 1. The minimum absolute atomic E-state index is 0.170. The van der Waals surface area contributed by atoms with Crippen LogP contribution in [0.1, 0.15) is 12.5 Å². The third-order valence-corrected chi connectivity index (χ3v) is 1.75. The van der Waals surface area contributed by atoms with Crippen molar-refractivity contribution in [1.29, 1.82) is 0 Å². The summed E-state index contributed by atoms with van der Waals surface area (Å²) in [5.41, 5.74) is 0.405. The summed E-state index contributed by atoms with van der Waals surface area (Å²) < 4.78 is 52.0. The Balaban J connectivity index is 2.83. The van der Waals surface area contributed by atoms with Crippen molar-refractivity contribution >= 4 is 0 Å². The van der Waals surface area contributed by atoms with E-state index in [2.05, 4.69) is 4.74 Å². The maximum atomic E-state index is 13.1. The third-order valence-electron chi connectivity index (χ3n) is 1.75. The quantitative estimate of drug-likeness (QED) is 0.820. The van der Waals surface area contributed by atoms with Gasteiger partial charge in [0.2, 0.25) is 0 Å². The van der Waals surface area contributed by atoms with Gasteiger partial charge in [0.15, 0.2) is 11.6 Å². The molecule has 1 N–H and O–H groups in total. The van der Waals surface area contributed by atoms with E-state index in [0.29, 0.717) is 5.56 Å². The van der Waals surface area contributed by atoms with Crippen LogP contribution in [0.25, 0.3) is 0 Å². The number of aliphatic hydroxyl groups is 1. The molecule has 0 aromatic heterocycles. The molecule has 0 aliphatic heterocycles. The molecule has 2 nitrogen and oxygen atoms in total. The van der Waals surface area contributed by atoms with Crippen molar-refractivity contribution in [3.63, 3.8) is 0 Å². The van der Waals surface area contributed by atoms with Gasteiger partial charge in [-0.1, -0.05) is 6.07 Å². The van der Waals surface area contributed by atoms with Gasteiger partial charge in [-0.25, -0.2) is 4.39 Å². The summed E-state index contributed by atoms with van der Waals surface area (Å²) in [4.78, 5) is 0. The Kier molecular flexibility index (Phi) is 3.74. The molecule has 0 bridgehead atoms. The highest BCUT2D eigenvalue weighted by atomic mass is 19.4. The minimum atomic E-state index is -4.91. The standard InChI is InChI=1S/C10H10F4O2/c1-6(15)4-7-2-3-9(8(11)5-7)16-10(12,13)14/h2-3,5-6,15H,4H2,1H3. The van der Waals surface area contributed by atoms with Gasteiger partial charge in [0.1, 0.15) is 0 Å². The van der Waals surface area contributed by atoms with E-state index in [1.54, 1.807) is 0 Å². The van der Waals surface area contributed by atoms with E-state index in [9.17, 15) is 17.6 Å². The monoisotopic (exact) mass is 238 g/mol. The molecule has 0 amide bonds. The molecule has 0 fully saturated rings. The molecule has 1 unspecified atom stereocenters. The Hall–Kier alpha value is -1.30. The highest BCUT2D eigenvalue weighted by Crippen LogP contribution is 2.26. The Bertz CT molecular complexity index is 360. The first-order chi connectivity index (χ1) is 7.28. The summed E-state index contributed by atoms with van der Waals surface area (Å²) in [5.74, 6) is -1.97. The predicted molar refractivity (Wildman–Crippen MR) is 48.5 cm³/mol. The van der Waals surface area contributed by atoms with Crippen molar-refractivity contribution < 1.29 is 27.4 Å². The summed E-state index contributed by atoms with van der Waals surface area (Å²) in [7, 11) is 0. The van der Waals surface area contributed by atoms with Crippen LogP contribution < -0.4 is 4.74 Å². The molecule has 6 heteroatoms. The van der Waals surface area contributed by atoms with E-state index < -0.39 is 24.0 Å². The first-order valence-electron chi connectivity index (χ1n) is 4.50. The zero-order valence-electron chi connectivity index (χ0n) is 8.38. The van der Waals surface area contributed by atoms with Crippen LogP contribution in [0.2, 0.25) is 0 Å². The zero-order valence-corrected chi connectivity index (χ0v) is 8.38. The Morgan fingerprint density at radius 3 is 2.44 bits per heavy atom. The fourth-order valence-corrected chi connectivity index (χ4v) is 1.22. The SMILES string of the molecule is CC(O)Cc1ccc(OC(F)(F)F)c(F)c1. The molecule has 1 aromatic carbocycles. The van der Waals surface area contributed by atoms with Gasteiger partial charge in [-0.15, -0.1) is 13.2 Å². The van der Waals surface area contributed by atoms with Crippen LogP contribution in [-0.2, 0) is 6.42 Å². The summed E-state index contributed by atoms with van der Waals surface area (Å²) >= 11 is 0. The summed E-state index contributed by atoms with van der Waals surface area (Å²) in [6, 6.07) is 3.07. The molecule has 0 aliphatic carbocycles. The molecular formula is C10H10F4O2. The molecule has 1 rings (SSSR count). The molecule has 0 spiro atoms. The largest absolute Gasteiger partial charge is 0.573 e. The normalized spacial score (nSPS) is 13.6. The lowest BCUT2D eigenvalue weighted by atomic mass is 10.1. The van der Waals surface area contributed by atoms with E-state index in [-0.39, 0.29) is 6.42 Å². The van der Waals surface area contributed by atoms with E-state index in [1.165, 1.54) is 13.0 Å². The maximum absolute atomic E-state index is 13.1. The van der Waals surface area contributed by atoms with Gasteiger partial charge >= 0.3 is 6.36 Å². The summed E-state index contributed by atoms with van der Waals surface area (Å²) in [5, 5.41) is 9.02. The molecule has 90 valence electrons. The van der Waals surface area contributed by atoms with Crippen molar-refractivity contribution in [3.8, 4) is 5.75 Å². The van der Waals surface area contributed by atoms with Gasteiger partial charge in [-0.05, 0) is 31.0 Å².